The molecule has 1 N–H and O–H groups in total. The summed E-state index contributed by atoms with van der Waals surface area (Å²) in [7, 11) is 0. The maximum absolute atomic E-state index is 13.1. The number of carbonyl (C=O) groups is 2. The van der Waals surface area contributed by atoms with E-state index < -0.39 is 11.9 Å². The van der Waals surface area contributed by atoms with Gasteiger partial charge in [0.1, 0.15) is 5.82 Å². The maximum atomic E-state index is 13.1. The van der Waals surface area contributed by atoms with Crippen LogP contribution in [0.4, 0.5) is 4.39 Å². The van der Waals surface area contributed by atoms with Crippen molar-refractivity contribution in [3.05, 3.63) is 71.5 Å². The van der Waals surface area contributed by atoms with E-state index in [1.54, 1.807) is 17.0 Å². The zero-order chi connectivity index (χ0) is 18.3. The molecule has 0 aromatic heterocycles. The summed E-state index contributed by atoms with van der Waals surface area (Å²) in [6.45, 7) is 0.687. The minimum absolute atomic E-state index is 0.0176. The fraction of sp³-hybridized carbons (Fsp3) is 0.333. The molecule has 2 aromatic rings. The standard InChI is InChI=1S/C21H20FNO3/c22-15-8-6-14(7-9-15)16-10-17(16)20(24)23-11-18(19(12-23)21(25)26)13-4-2-1-3-5-13/h1-9,16-19H,10-12H2,(H,25,26)/t16?,17?,18-,19-/m1/s1. The lowest BCUT2D eigenvalue weighted by atomic mass is 9.89. The zero-order valence-corrected chi connectivity index (χ0v) is 14.2. The highest BCUT2D eigenvalue weighted by atomic mass is 19.1. The monoisotopic (exact) mass is 353 g/mol. The molecule has 1 aliphatic carbocycles. The van der Waals surface area contributed by atoms with Gasteiger partial charge in [-0.25, -0.2) is 4.39 Å². The molecule has 5 heteroatoms. The topological polar surface area (TPSA) is 57.6 Å². The highest BCUT2D eigenvalue weighted by Gasteiger charge is 2.49. The molecule has 1 saturated heterocycles. The fourth-order valence-corrected chi connectivity index (χ4v) is 4.05. The molecule has 0 bridgehead atoms. The molecule has 1 amide bonds. The van der Waals surface area contributed by atoms with Gasteiger partial charge in [0, 0.05) is 24.9 Å². The molecule has 2 aromatic carbocycles. The Kier molecular flexibility index (Phi) is 4.23. The lowest BCUT2D eigenvalue weighted by molar-refractivity contribution is -0.142. The van der Waals surface area contributed by atoms with Crippen LogP contribution in [0.15, 0.2) is 54.6 Å². The fourth-order valence-electron chi connectivity index (χ4n) is 4.05. The number of carboxylic acid groups (broad SMARTS) is 1. The first-order chi connectivity index (χ1) is 12.5. The summed E-state index contributed by atoms with van der Waals surface area (Å²) in [5.74, 6) is -1.90. The predicted octanol–water partition coefficient (Wildman–Crippen LogP) is 3.26. The molecule has 1 aliphatic heterocycles. The van der Waals surface area contributed by atoms with E-state index >= 15 is 0 Å². The Hall–Kier alpha value is -2.69. The average Bonchev–Trinajstić information content (AvgIpc) is 3.31. The van der Waals surface area contributed by atoms with Gasteiger partial charge in [-0.05, 0) is 35.6 Å². The molecule has 1 saturated carbocycles. The Morgan fingerprint density at radius 2 is 1.54 bits per heavy atom. The van der Waals surface area contributed by atoms with Gasteiger partial charge in [0.15, 0.2) is 0 Å². The molecule has 0 radical (unpaired) electrons. The molecule has 4 nitrogen and oxygen atoms in total. The third-order valence-corrected chi connectivity index (χ3v) is 5.58. The first-order valence-corrected chi connectivity index (χ1v) is 8.86. The molecular formula is C21H20FNO3. The quantitative estimate of drug-likeness (QED) is 0.918. The van der Waals surface area contributed by atoms with Gasteiger partial charge in [0.2, 0.25) is 5.91 Å². The van der Waals surface area contributed by atoms with Gasteiger partial charge in [0.05, 0.1) is 5.92 Å². The van der Waals surface area contributed by atoms with E-state index in [-0.39, 0.29) is 36.0 Å². The lowest BCUT2D eigenvalue weighted by Gasteiger charge is -2.16. The minimum Gasteiger partial charge on any atom is -0.481 e. The smallest absolute Gasteiger partial charge is 0.308 e. The Bertz CT molecular complexity index is 821. The van der Waals surface area contributed by atoms with Crippen LogP contribution in [0.2, 0.25) is 0 Å². The Morgan fingerprint density at radius 3 is 2.19 bits per heavy atom. The first kappa shape index (κ1) is 16.8. The van der Waals surface area contributed by atoms with Crippen LogP contribution in [0, 0.1) is 17.7 Å². The van der Waals surface area contributed by atoms with E-state index in [9.17, 15) is 19.1 Å². The van der Waals surface area contributed by atoms with E-state index in [0.29, 0.717) is 6.54 Å². The molecule has 4 atom stereocenters. The summed E-state index contributed by atoms with van der Waals surface area (Å²) in [5, 5.41) is 9.58. The van der Waals surface area contributed by atoms with Crippen LogP contribution in [-0.2, 0) is 9.59 Å². The molecule has 2 fully saturated rings. The van der Waals surface area contributed by atoms with Crippen molar-refractivity contribution >= 4 is 11.9 Å². The highest BCUT2D eigenvalue weighted by molar-refractivity contribution is 5.84. The van der Waals surface area contributed by atoms with Gasteiger partial charge in [0.25, 0.3) is 0 Å². The second-order valence-electron chi connectivity index (χ2n) is 7.21. The van der Waals surface area contributed by atoms with Crippen LogP contribution in [-0.4, -0.2) is 35.0 Å². The number of halogens is 1. The van der Waals surface area contributed by atoms with Crippen molar-refractivity contribution in [2.45, 2.75) is 18.3 Å². The number of carbonyl (C=O) groups excluding carboxylic acids is 1. The largest absolute Gasteiger partial charge is 0.481 e. The number of hydrogen-bond acceptors (Lipinski definition) is 2. The Labute approximate surface area is 151 Å². The number of likely N-dealkylation sites (tertiary alicyclic amines) is 1. The maximum Gasteiger partial charge on any atom is 0.308 e. The van der Waals surface area contributed by atoms with Crippen molar-refractivity contribution < 1.29 is 19.1 Å². The SMILES string of the molecule is O=C(O)[C@@H]1CN(C(=O)C2CC2c2ccc(F)cc2)C[C@@H]1c1ccccc1. The number of aliphatic carboxylic acids is 1. The highest BCUT2D eigenvalue weighted by Crippen LogP contribution is 2.49. The number of rotatable bonds is 4. The van der Waals surface area contributed by atoms with E-state index in [0.717, 1.165) is 17.5 Å². The van der Waals surface area contributed by atoms with Gasteiger partial charge in [-0.3, -0.25) is 9.59 Å². The molecule has 1 heterocycles. The van der Waals surface area contributed by atoms with Crippen LogP contribution >= 0.6 is 0 Å². The molecule has 26 heavy (non-hydrogen) atoms. The molecule has 0 spiro atoms. The molecular weight excluding hydrogens is 333 g/mol. The normalized spacial score (nSPS) is 27.3. The van der Waals surface area contributed by atoms with Gasteiger partial charge < -0.3 is 10.0 Å². The van der Waals surface area contributed by atoms with Crippen LogP contribution in [0.25, 0.3) is 0 Å². The van der Waals surface area contributed by atoms with Crippen LogP contribution < -0.4 is 0 Å². The zero-order valence-electron chi connectivity index (χ0n) is 14.2. The van der Waals surface area contributed by atoms with Crippen LogP contribution in [0.3, 0.4) is 0 Å². The van der Waals surface area contributed by atoms with E-state index in [1.165, 1.54) is 12.1 Å². The minimum atomic E-state index is -0.861. The van der Waals surface area contributed by atoms with E-state index in [4.69, 9.17) is 0 Å². The van der Waals surface area contributed by atoms with Crippen molar-refractivity contribution in [2.24, 2.45) is 11.8 Å². The van der Waals surface area contributed by atoms with Crippen molar-refractivity contribution in [1.29, 1.82) is 0 Å². The number of amides is 1. The lowest BCUT2D eigenvalue weighted by Crippen LogP contribution is -2.31. The average molecular weight is 353 g/mol. The summed E-state index contributed by atoms with van der Waals surface area (Å²) in [5.41, 5.74) is 1.93. The summed E-state index contributed by atoms with van der Waals surface area (Å²) in [4.78, 5) is 26.2. The van der Waals surface area contributed by atoms with Crippen LogP contribution in [0.1, 0.15) is 29.4 Å². The third kappa shape index (κ3) is 3.09. The van der Waals surface area contributed by atoms with Crippen molar-refractivity contribution in [2.75, 3.05) is 13.1 Å². The Morgan fingerprint density at radius 1 is 0.885 bits per heavy atom. The van der Waals surface area contributed by atoms with Crippen molar-refractivity contribution in [1.82, 2.24) is 4.90 Å². The number of hydrogen-bond donors (Lipinski definition) is 1. The summed E-state index contributed by atoms with van der Waals surface area (Å²) < 4.78 is 13.1. The number of carboxylic acids is 1. The van der Waals surface area contributed by atoms with Gasteiger partial charge in [-0.1, -0.05) is 42.5 Å². The van der Waals surface area contributed by atoms with Crippen molar-refractivity contribution in [3.63, 3.8) is 0 Å². The summed E-state index contributed by atoms with van der Waals surface area (Å²) in [6, 6.07) is 15.8. The molecule has 4 rings (SSSR count). The van der Waals surface area contributed by atoms with E-state index in [1.807, 2.05) is 30.3 Å². The second kappa shape index (κ2) is 6.56. The van der Waals surface area contributed by atoms with E-state index in [2.05, 4.69) is 0 Å². The molecule has 2 aliphatic rings. The predicted molar refractivity (Wildman–Crippen MR) is 94.1 cm³/mol. The number of benzene rings is 2. The summed E-state index contributed by atoms with van der Waals surface area (Å²) in [6.07, 6.45) is 0.745. The number of nitrogens with zero attached hydrogens (tertiary/aromatic N) is 1. The molecule has 2 unspecified atom stereocenters. The van der Waals surface area contributed by atoms with Gasteiger partial charge in [-0.15, -0.1) is 0 Å². The summed E-state index contributed by atoms with van der Waals surface area (Å²) >= 11 is 0. The van der Waals surface area contributed by atoms with Crippen molar-refractivity contribution in [3.8, 4) is 0 Å². The Balaban J connectivity index is 1.47. The first-order valence-electron chi connectivity index (χ1n) is 8.86. The second-order valence-corrected chi connectivity index (χ2v) is 7.21. The van der Waals surface area contributed by atoms with Crippen LogP contribution in [0.5, 0.6) is 0 Å². The van der Waals surface area contributed by atoms with Gasteiger partial charge >= 0.3 is 5.97 Å². The van der Waals surface area contributed by atoms with Gasteiger partial charge in [-0.2, -0.15) is 0 Å². The third-order valence-electron chi connectivity index (χ3n) is 5.58. The molecule has 134 valence electrons.